The molecule has 0 radical (unpaired) electrons. The van der Waals surface area contributed by atoms with E-state index in [4.69, 9.17) is 0 Å². The fourth-order valence-electron chi connectivity index (χ4n) is 1.82. The highest BCUT2D eigenvalue weighted by Crippen LogP contribution is 2.27. The molecule has 2 heterocycles. The second kappa shape index (κ2) is 6.02. The maximum atomic E-state index is 13.3. The first-order valence-electron chi connectivity index (χ1n) is 5.96. The highest BCUT2D eigenvalue weighted by molar-refractivity contribution is 7.09. The molecular formula is C13H16FN3S. The molecule has 0 bridgehead atoms. The fourth-order valence-corrected chi connectivity index (χ4v) is 2.73. The summed E-state index contributed by atoms with van der Waals surface area (Å²) >= 11 is 1.58. The van der Waals surface area contributed by atoms with Gasteiger partial charge in [-0.15, -0.1) is 11.3 Å². The molecule has 1 unspecified atom stereocenters. The Morgan fingerprint density at radius 1 is 1.44 bits per heavy atom. The summed E-state index contributed by atoms with van der Waals surface area (Å²) in [5, 5.41) is 3.42. The van der Waals surface area contributed by atoms with E-state index in [1.54, 1.807) is 17.5 Å². The van der Waals surface area contributed by atoms with Crippen molar-refractivity contribution < 1.29 is 4.39 Å². The molecule has 18 heavy (non-hydrogen) atoms. The maximum absolute atomic E-state index is 13.3. The minimum Gasteiger partial charge on any atom is -0.305 e. The Morgan fingerprint density at radius 2 is 2.28 bits per heavy atom. The van der Waals surface area contributed by atoms with E-state index < -0.39 is 0 Å². The molecule has 2 rings (SSSR count). The third-order valence-corrected chi connectivity index (χ3v) is 3.70. The Kier molecular flexibility index (Phi) is 4.38. The zero-order valence-electron chi connectivity index (χ0n) is 10.5. The summed E-state index contributed by atoms with van der Waals surface area (Å²) in [6.07, 6.45) is 3.95. The molecule has 1 atom stereocenters. The molecule has 0 saturated carbocycles. The summed E-state index contributed by atoms with van der Waals surface area (Å²) < 4.78 is 13.3. The molecule has 0 aliphatic heterocycles. The van der Waals surface area contributed by atoms with Crippen LogP contribution in [0.4, 0.5) is 4.39 Å². The van der Waals surface area contributed by atoms with Crippen LogP contribution in [0.5, 0.6) is 0 Å². The number of hydrogen-bond donors (Lipinski definition) is 1. The molecule has 3 nitrogen and oxygen atoms in total. The highest BCUT2D eigenvalue weighted by Gasteiger charge is 2.18. The Hall–Kier alpha value is -1.33. The van der Waals surface area contributed by atoms with Crippen molar-refractivity contribution in [2.75, 3.05) is 6.54 Å². The number of halogens is 1. The van der Waals surface area contributed by atoms with E-state index in [0.29, 0.717) is 0 Å². The zero-order valence-corrected chi connectivity index (χ0v) is 11.3. The molecule has 0 aliphatic rings. The van der Waals surface area contributed by atoms with Crippen molar-refractivity contribution in [1.29, 1.82) is 0 Å². The molecule has 96 valence electrons. The number of aromatic nitrogens is 2. The van der Waals surface area contributed by atoms with Gasteiger partial charge in [0.1, 0.15) is 5.82 Å². The monoisotopic (exact) mass is 265 g/mol. The zero-order chi connectivity index (χ0) is 13.0. The van der Waals surface area contributed by atoms with Crippen LogP contribution in [0.2, 0.25) is 0 Å². The first-order chi connectivity index (χ1) is 8.72. The quantitative estimate of drug-likeness (QED) is 0.902. The average Bonchev–Trinajstić information content (AvgIpc) is 2.77. The van der Waals surface area contributed by atoms with E-state index in [2.05, 4.69) is 22.2 Å². The van der Waals surface area contributed by atoms with E-state index in [-0.39, 0.29) is 11.9 Å². The summed E-state index contributed by atoms with van der Waals surface area (Å²) in [4.78, 5) is 9.30. The third kappa shape index (κ3) is 2.91. The Labute approximate surface area is 110 Å². The van der Waals surface area contributed by atoms with E-state index in [1.807, 2.05) is 12.4 Å². The van der Waals surface area contributed by atoms with Crippen LogP contribution in [-0.4, -0.2) is 16.5 Å². The molecule has 2 aromatic heterocycles. The van der Waals surface area contributed by atoms with Crippen LogP contribution in [-0.2, 0) is 0 Å². The molecule has 0 amide bonds. The molecule has 0 spiro atoms. The predicted octanol–water partition coefficient (Wildman–Crippen LogP) is 3.07. The summed E-state index contributed by atoms with van der Waals surface area (Å²) in [5.41, 5.74) is 3.64. The summed E-state index contributed by atoms with van der Waals surface area (Å²) in [7, 11) is 0. The lowest BCUT2D eigenvalue weighted by molar-refractivity contribution is 0.583. The maximum Gasteiger partial charge on any atom is 0.141 e. The number of aryl methyl sites for hydroxylation is 1. The lowest BCUT2D eigenvalue weighted by atomic mass is 10.1. The standard InChI is InChI=1S/C13H16FN3S/c1-3-4-16-12(13-9(2)17-8-18-13)10-5-11(14)7-15-6-10/h5-8,12,16H,3-4H2,1-2H3. The lowest BCUT2D eigenvalue weighted by Crippen LogP contribution is -2.23. The number of nitrogens with zero attached hydrogens (tertiary/aromatic N) is 2. The van der Waals surface area contributed by atoms with Gasteiger partial charge in [0, 0.05) is 11.1 Å². The van der Waals surface area contributed by atoms with Crippen molar-refractivity contribution in [2.45, 2.75) is 26.3 Å². The van der Waals surface area contributed by atoms with Gasteiger partial charge in [-0.1, -0.05) is 6.92 Å². The van der Waals surface area contributed by atoms with Crippen LogP contribution in [0.25, 0.3) is 0 Å². The van der Waals surface area contributed by atoms with Crippen LogP contribution < -0.4 is 5.32 Å². The van der Waals surface area contributed by atoms with Crippen molar-refractivity contribution in [3.63, 3.8) is 0 Å². The van der Waals surface area contributed by atoms with E-state index in [0.717, 1.165) is 29.1 Å². The Balaban J connectivity index is 2.33. The fraction of sp³-hybridized carbons (Fsp3) is 0.385. The van der Waals surface area contributed by atoms with Gasteiger partial charge in [-0.3, -0.25) is 4.98 Å². The summed E-state index contributed by atoms with van der Waals surface area (Å²) in [6, 6.07) is 1.50. The number of nitrogens with one attached hydrogen (secondary N) is 1. The molecule has 0 aliphatic carbocycles. The molecule has 5 heteroatoms. The van der Waals surface area contributed by atoms with Crippen molar-refractivity contribution in [2.24, 2.45) is 0 Å². The van der Waals surface area contributed by atoms with Gasteiger partial charge in [0.2, 0.25) is 0 Å². The van der Waals surface area contributed by atoms with Gasteiger partial charge in [-0.05, 0) is 31.5 Å². The van der Waals surface area contributed by atoms with Gasteiger partial charge in [0.25, 0.3) is 0 Å². The molecule has 2 aromatic rings. The minimum absolute atomic E-state index is 0.0272. The van der Waals surface area contributed by atoms with Crippen LogP contribution >= 0.6 is 11.3 Å². The smallest absolute Gasteiger partial charge is 0.141 e. The van der Waals surface area contributed by atoms with Crippen molar-refractivity contribution in [1.82, 2.24) is 15.3 Å². The molecule has 1 N–H and O–H groups in total. The normalized spacial score (nSPS) is 12.6. The minimum atomic E-state index is -0.307. The first kappa shape index (κ1) is 13.1. The van der Waals surface area contributed by atoms with Gasteiger partial charge >= 0.3 is 0 Å². The van der Waals surface area contributed by atoms with Gasteiger partial charge in [0.15, 0.2) is 0 Å². The molecule has 0 aromatic carbocycles. The predicted molar refractivity (Wildman–Crippen MR) is 71.2 cm³/mol. The van der Waals surface area contributed by atoms with Crippen LogP contribution in [0, 0.1) is 12.7 Å². The summed E-state index contributed by atoms with van der Waals surface area (Å²) in [5.74, 6) is -0.307. The van der Waals surface area contributed by atoms with Crippen LogP contribution in [0.15, 0.2) is 24.0 Å². The van der Waals surface area contributed by atoms with E-state index >= 15 is 0 Å². The van der Waals surface area contributed by atoms with Crippen molar-refractivity contribution >= 4 is 11.3 Å². The van der Waals surface area contributed by atoms with Gasteiger partial charge < -0.3 is 5.32 Å². The van der Waals surface area contributed by atoms with Gasteiger partial charge in [-0.25, -0.2) is 9.37 Å². The van der Waals surface area contributed by atoms with E-state index in [9.17, 15) is 4.39 Å². The van der Waals surface area contributed by atoms with Crippen LogP contribution in [0.3, 0.4) is 0 Å². The average molecular weight is 265 g/mol. The largest absolute Gasteiger partial charge is 0.305 e. The molecule has 0 saturated heterocycles. The van der Waals surface area contributed by atoms with Crippen molar-refractivity contribution in [3.8, 4) is 0 Å². The Bertz CT molecular complexity index is 512. The molecular weight excluding hydrogens is 249 g/mol. The number of thiazole rings is 1. The van der Waals surface area contributed by atoms with Gasteiger partial charge in [0.05, 0.1) is 23.4 Å². The van der Waals surface area contributed by atoms with Gasteiger partial charge in [-0.2, -0.15) is 0 Å². The second-order valence-corrected chi connectivity index (χ2v) is 5.01. The SMILES string of the molecule is CCCNC(c1cncc(F)c1)c1scnc1C. The van der Waals surface area contributed by atoms with Crippen LogP contribution in [0.1, 0.15) is 35.5 Å². The number of hydrogen-bond acceptors (Lipinski definition) is 4. The second-order valence-electron chi connectivity index (χ2n) is 4.13. The number of pyridine rings is 1. The first-order valence-corrected chi connectivity index (χ1v) is 6.84. The highest BCUT2D eigenvalue weighted by atomic mass is 32.1. The number of rotatable bonds is 5. The molecule has 0 fully saturated rings. The topological polar surface area (TPSA) is 37.8 Å². The Morgan fingerprint density at radius 3 is 2.89 bits per heavy atom. The van der Waals surface area contributed by atoms with E-state index in [1.165, 1.54) is 12.3 Å². The summed E-state index contributed by atoms with van der Waals surface area (Å²) in [6.45, 7) is 4.95. The van der Waals surface area contributed by atoms with Crippen molar-refractivity contribution in [3.05, 3.63) is 45.9 Å². The third-order valence-electron chi connectivity index (χ3n) is 2.70. The lowest BCUT2D eigenvalue weighted by Gasteiger charge is -2.17.